The van der Waals surface area contributed by atoms with Crippen LogP contribution < -0.4 is 4.31 Å². The van der Waals surface area contributed by atoms with Crippen LogP contribution in [0.25, 0.3) is 0 Å². The van der Waals surface area contributed by atoms with Gasteiger partial charge in [-0.1, -0.05) is 0 Å². The zero-order valence-electron chi connectivity index (χ0n) is 16.7. The van der Waals surface area contributed by atoms with Gasteiger partial charge in [0.2, 0.25) is 10.0 Å². The Morgan fingerprint density at radius 1 is 1.18 bits per heavy atom. The molecule has 0 spiro atoms. The van der Waals surface area contributed by atoms with Crippen molar-refractivity contribution in [3.05, 3.63) is 29.3 Å². The van der Waals surface area contributed by atoms with Crippen LogP contribution >= 0.6 is 0 Å². The summed E-state index contributed by atoms with van der Waals surface area (Å²) in [6, 6.07) is 3.85. The van der Waals surface area contributed by atoms with E-state index < -0.39 is 71.6 Å². The molecule has 1 aromatic carbocycles. The van der Waals surface area contributed by atoms with E-state index in [1.54, 1.807) is 0 Å². The highest BCUT2D eigenvalue weighted by Gasteiger charge is 2.71. The van der Waals surface area contributed by atoms with E-state index in [2.05, 4.69) is 4.18 Å². The first kappa shape index (κ1) is 24.1. The molecule has 2 saturated carbocycles. The molecule has 2 bridgehead atoms. The molecule has 0 radical (unpaired) electrons. The van der Waals surface area contributed by atoms with Gasteiger partial charge in [0.15, 0.2) is 0 Å². The molecule has 1 aromatic rings. The first-order valence-electron chi connectivity index (χ1n) is 9.58. The average molecular weight is 518 g/mol. The highest BCUT2D eigenvalue weighted by atomic mass is 32.2. The Balaban J connectivity index is 1.70. The van der Waals surface area contributed by atoms with Gasteiger partial charge in [-0.05, 0) is 49.8 Å². The summed E-state index contributed by atoms with van der Waals surface area (Å²) in [4.78, 5) is 0. The normalized spacial score (nSPS) is 33.2. The van der Waals surface area contributed by atoms with E-state index in [0.717, 1.165) is 16.4 Å². The van der Waals surface area contributed by atoms with E-state index >= 15 is 0 Å². The molecule has 0 amide bonds. The van der Waals surface area contributed by atoms with Gasteiger partial charge in [0, 0.05) is 12.5 Å². The number of hydrogen-bond acceptors (Lipinski definition) is 6. The lowest BCUT2D eigenvalue weighted by Gasteiger charge is -2.36. The number of benzene rings is 1. The molecule has 3 aliphatic rings. The van der Waals surface area contributed by atoms with Crippen molar-refractivity contribution in [1.29, 1.82) is 5.26 Å². The summed E-state index contributed by atoms with van der Waals surface area (Å²) in [7, 11) is -10.2. The summed E-state index contributed by atoms with van der Waals surface area (Å²) in [5.41, 5.74) is -7.99. The van der Waals surface area contributed by atoms with Crippen molar-refractivity contribution in [2.24, 2.45) is 17.8 Å². The first-order chi connectivity index (χ1) is 14.9. The molecule has 1 heterocycles. The maximum atomic E-state index is 13.4. The summed E-state index contributed by atoms with van der Waals surface area (Å²) < 4.78 is 132. The molecule has 2 aliphatic carbocycles. The summed E-state index contributed by atoms with van der Waals surface area (Å²) in [6.07, 6.45) is -6.44. The van der Waals surface area contributed by atoms with Crippen molar-refractivity contribution < 1.29 is 47.4 Å². The molecule has 182 valence electrons. The predicted molar refractivity (Wildman–Crippen MR) is 100 cm³/mol. The van der Waals surface area contributed by atoms with E-state index in [0.29, 0.717) is 6.07 Å². The fourth-order valence-corrected chi connectivity index (χ4v) is 8.60. The van der Waals surface area contributed by atoms with Gasteiger partial charge in [-0.2, -0.15) is 40.0 Å². The Morgan fingerprint density at radius 3 is 2.36 bits per heavy atom. The van der Waals surface area contributed by atoms with Gasteiger partial charge in [0.1, 0.15) is 0 Å². The van der Waals surface area contributed by atoms with Crippen molar-refractivity contribution in [2.45, 2.75) is 42.3 Å². The summed E-state index contributed by atoms with van der Waals surface area (Å²) in [5.74, 6) is -2.45. The van der Waals surface area contributed by atoms with E-state index in [9.17, 15) is 43.2 Å². The third-order valence-corrected chi connectivity index (χ3v) is 10.8. The quantitative estimate of drug-likeness (QED) is 0.345. The second-order valence-corrected chi connectivity index (χ2v) is 12.4. The highest BCUT2D eigenvalue weighted by Crippen LogP contribution is 2.63. The van der Waals surface area contributed by atoms with Crippen molar-refractivity contribution in [1.82, 2.24) is 0 Å². The fraction of sp³-hybridized carbons (Fsp3) is 0.611. The molecule has 33 heavy (non-hydrogen) atoms. The Hall–Kier alpha value is -2.05. The molecule has 0 N–H and O–H groups in total. The number of anilines is 1. The van der Waals surface area contributed by atoms with Gasteiger partial charge < -0.3 is 0 Å². The second kappa shape index (κ2) is 6.98. The van der Waals surface area contributed by atoms with Crippen molar-refractivity contribution in [3.8, 4) is 6.07 Å². The minimum absolute atomic E-state index is 0.119. The number of hydrogen-bond donors (Lipinski definition) is 0. The van der Waals surface area contributed by atoms with Crippen LogP contribution in [0.2, 0.25) is 0 Å². The zero-order valence-corrected chi connectivity index (χ0v) is 18.3. The van der Waals surface area contributed by atoms with E-state index in [4.69, 9.17) is 5.26 Å². The molecule has 4 rings (SSSR count). The van der Waals surface area contributed by atoms with Crippen molar-refractivity contribution in [2.75, 3.05) is 10.8 Å². The second-order valence-electron chi connectivity index (χ2n) is 8.53. The molecule has 0 aromatic heterocycles. The van der Waals surface area contributed by atoms with Crippen molar-refractivity contribution >= 4 is 25.8 Å². The lowest BCUT2D eigenvalue weighted by atomic mass is 9.78. The Morgan fingerprint density at radius 2 is 1.82 bits per heavy atom. The number of halogens is 6. The minimum Gasteiger partial charge on any atom is -0.269 e. The van der Waals surface area contributed by atoms with Crippen LogP contribution in [0.4, 0.5) is 32.0 Å². The van der Waals surface area contributed by atoms with Gasteiger partial charge in [-0.25, -0.2) is 8.42 Å². The van der Waals surface area contributed by atoms with Crippen LogP contribution in [-0.2, 0) is 30.5 Å². The summed E-state index contributed by atoms with van der Waals surface area (Å²) in [5, 5.41) is 8.95. The number of rotatable bonds is 3. The van der Waals surface area contributed by atoms with E-state index in [-0.39, 0.29) is 25.1 Å². The Bertz CT molecular complexity index is 1250. The summed E-state index contributed by atoms with van der Waals surface area (Å²) >= 11 is 0. The van der Waals surface area contributed by atoms with Gasteiger partial charge in [0.05, 0.1) is 33.7 Å². The van der Waals surface area contributed by atoms with Gasteiger partial charge in [-0.3, -0.25) is 8.49 Å². The largest absolute Gasteiger partial charge is 0.523 e. The van der Waals surface area contributed by atoms with Crippen LogP contribution in [0, 0.1) is 29.1 Å². The fourth-order valence-electron chi connectivity index (χ4n) is 5.48. The zero-order chi connectivity index (χ0) is 24.8. The number of nitrogens with zero attached hydrogens (tertiary/aromatic N) is 2. The number of alkyl halides is 6. The monoisotopic (exact) mass is 518 g/mol. The smallest absolute Gasteiger partial charge is 0.269 e. The molecule has 7 nitrogen and oxygen atoms in total. The third kappa shape index (κ3) is 3.32. The van der Waals surface area contributed by atoms with Crippen LogP contribution in [0.1, 0.15) is 30.9 Å². The number of fused-ring (bicyclic) bond motifs is 5. The van der Waals surface area contributed by atoms with E-state index in [1.807, 2.05) is 0 Å². The highest BCUT2D eigenvalue weighted by molar-refractivity contribution is 7.94. The van der Waals surface area contributed by atoms with Gasteiger partial charge in [-0.15, -0.1) is 0 Å². The van der Waals surface area contributed by atoms with E-state index in [1.165, 1.54) is 13.0 Å². The summed E-state index contributed by atoms with van der Waals surface area (Å²) in [6.45, 7) is 1.02. The molecule has 1 saturated heterocycles. The SMILES string of the molecule is C[C@@]12[C@H]3C[C@H]([C@@H](OS(=O)(=O)C(F)(F)F)C3)[C@@H]1CN(c1ccc(C#N)c(C(F)(F)F)c1)S2(=O)=O. The molecule has 1 aliphatic heterocycles. The van der Waals surface area contributed by atoms with Crippen LogP contribution in [-0.4, -0.2) is 39.7 Å². The predicted octanol–water partition coefficient (Wildman–Crippen LogP) is 3.38. The van der Waals surface area contributed by atoms with Crippen LogP contribution in [0.3, 0.4) is 0 Å². The Kier molecular flexibility index (Phi) is 5.10. The number of sulfonamides is 1. The molecule has 15 heteroatoms. The minimum atomic E-state index is -5.89. The maximum absolute atomic E-state index is 13.4. The Labute approximate surface area is 185 Å². The number of nitriles is 1. The van der Waals surface area contributed by atoms with Crippen LogP contribution in [0.5, 0.6) is 0 Å². The lowest BCUT2D eigenvalue weighted by molar-refractivity contribution is -0.137. The van der Waals surface area contributed by atoms with Gasteiger partial charge in [0.25, 0.3) is 0 Å². The molecule has 0 unspecified atom stereocenters. The average Bonchev–Trinajstić information content (AvgIpc) is 3.26. The van der Waals surface area contributed by atoms with Crippen molar-refractivity contribution in [3.63, 3.8) is 0 Å². The topological polar surface area (TPSA) is 105 Å². The van der Waals surface area contributed by atoms with Gasteiger partial charge >= 0.3 is 21.8 Å². The maximum Gasteiger partial charge on any atom is 0.523 e. The van der Waals surface area contributed by atoms with Crippen LogP contribution in [0.15, 0.2) is 18.2 Å². The standard InChI is InChI=1S/C18H16F6N2O5S2/c1-16-10-4-12(15(5-10)31-33(29,30)18(22,23)24)14(16)8-26(32(16,27)28)11-3-2-9(7-25)13(6-11)17(19,20)21/h2-3,6,10,12,14-15H,4-5,8H2,1H3/t10-,12-,14-,15-,16+/m0/s1. The lowest BCUT2D eigenvalue weighted by Crippen LogP contribution is -2.48. The molecule has 3 fully saturated rings. The third-order valence-electron chi connectivity index (χ3n) is 7.07. The molecular formula is C18H16F6N2O5S2. The first-order valence-corrected chi connectivity index (χ1v) is 12.4. The molecule has 5 atom stereocenters. The molecular weight excluding hydrogens is 502 g/mol.